The summed E-state index contributed by atoms with van der Waals surface area (Å²) in [5.41, 5.74) is -2.12. The van der Waals surface area contributed by atoms with Gasteiger partial charge in [0.1, 0.15) is 12.4 Å². The van der Waals surface area contributed by atoms with Gasteiger partial charge in [-0.1, -0.05) is 12.1 Å². The fourth-order valence-electron chi connectivity index (χ4n) is 4.65. The molecular formula is C24H20F4N4O3. The van der Waals surface area contributed by atoms with Crippen LogP contribution in [0.15, 0.2) is 42.5 Å². The summed E-state index contributed by atoms with van der Waals surface area (Å²) in [4.78, 5) is 42.6. The van der Waals surface area contributed by atoms with Crippen molar-refractivity contribution in [1.82, 2.24) is 9.80 Å². The molecule has 2 aromatic rings. The van der Waals surface area contributed by atoms with E-state index in [4.69, 9.17) is 5.26 Å². The topological polar surface area (TPSA) is 84.7 Å². The number of rotatable bonds is 3. The molecule has 0 radical (unpaired) electrons. The minimum Gasteiger partial charge on any atom is -0.337 e. The molecule has 2 aromatic carbocycles. The predicted octanol–water partition coefficient (Wildman–Crippen LogP) is 3.25. The molecule has 35 heavy (non-hydrogen) atoms. The van der Waals surface area contributed by atoms with E-state index in [-0.39, 0.29) is 30.2 Å². The van der Waals surface area contributed by atoms with E-state index in [9.17, 15) is 31.9 Å². The van der Waals surface area contributed by atoms with Crippen molar-refractivity contribution in [2.45, 2.75) is 31.6 Å². The Morgan fingerprint density at radius 3 is 2.26 bits per heavy atom. The Kier molecular flexibility index (Phi) is 5.79. The highest BCUT2D eigenvalue weighted by atomic mass is 19.4. The van der Waals surface area contributed by atoms with Gasteiger partial charge in [-0.25, -0.2) is 4.39 Å². The first-order valence-electron chi connectivity index (χ1n) is 10.7. The monoisotopic (exact) mass is 488 g/mol. The zero-order valence-corrected chi connectivity index (χ0v) is 18.8. The molecule has 182 valence electrons. The Balaban J connectivity index is 1.72. The van der Waals surface area contributed by atoms with Gasteiger partial charge >= 0.3 is 6.18 Å². The van der Waals surface area contributed by atoms with E-state index in [2.05, 4.69) is 0 Å². The summed E-state index contributed by atoms with van der Waals surface area (Å²) >= 11 is 0. The Labute approximate surface area is 198 Å². The summed E-state index contributed by atoms with van der Waals surface area (Å²) in [5.74, 6) is -2.34. The highest BCUT2D eigenvalue weighted by molar-refractivity contribution is 6.11. The lowest BCUT2D eigenvalue weighted by Gasteiger charge is -2.59. The van der Waals surface area contributed by atoms with Gasteiger partial charge in [0.15, 0.2) is 5.54 Å². The maximum absolute atomic E-state index is 14.7. The molecule has 2 fully saturated rings. The molecule has 4 rings (SSSR count). The van der Waals surface area contributed by atoms with Crippen LogP contribution in [-0.4, -0.2) is 52.7 Å². The number of anilines is 1. The van der Waals surface area contributed by atoms with Crippen LogP contribution < -0.4 is 4.90 Å². The fraction of sp³-hybridized carbons (Fsp3) is 0.333. The van der Waals surface area contributed by atoms with Crippen LogP contribution in [0.5, 0.6) is 0 Å². The van der Waals surface area contributed by atoms with E-state index in [1.54, 1.807) is 13.0 Å². The molecule has 0 N–H and O–H groups in total. The smallest absolute Gasteiger partial charge is 0.337 e. The molecule has 7 nitrogen and oxygen atoms in total. The summed E-state index contributed by atoms with van der Waals surface area (Å²) in [5, 5.41) is 8.98. The molecule has 11 heteroatoms. The Morgan fingerprint density at radius 1 is 1.11 bits per heavy atom. The quantitative estimate of drug-likeness (QED) is 0.621. The zero-order valence-electron chi connectivity index (χ0n) is 18.8. The van der Waals surface area contributed by atoms with Crippen LogP contribution in [-0.2, 0) is 20.6 Å². The van der Waals surface area contributed by atoms with Crippen molar-refractivity contribution >= 4 is 23.4 Å². The number of carbonyl (C=O) groups excluding carboxylic acids is 3. The predicted molar refractivity (Wildman–Crippen MR) is 115 cm³/mol. The van der Waals surface area contributed by atoms with E-state index in [0.717, 1.165) is 23.1 Å². The van der Waals surface area contributed by atoms with Crippen molar-refractivity contribution in [3.8, 4) is 6.07 Å². The van der Waals surface area contributed by atoms with Crippen molar-refractivity contribution in [1.29, 1.82) is 5.26 Å². The highest BCUT2D eigenvalue weighted by Gasteiger charge is 2.61. The van der Waals surface area contributed by atoms with E-state index < -0.39 is 47.5 Å². The highest BCUT2D eigenvalue weighted by Crippen LogP contribution is 2.41. The second-order valence-corrected chi connectivity index (χ2v) is 8.64. The zero-order chi connectivity index (χ0) is 25.7. The third kappa shape index (κ3) is 3.99. The lowest BCUT2D eigenvalue weighted by molar-refractivity contribution is -0.172. The molecule has 2 saturated heterocycles. The van der Waals surface area contributed by atoms with Crippen molar-refractivity contribution in [3.05, 3.63) is 65.0 Å². The maximum atomic E-state index is 14.7. The van der Waals surface area contributed by atoms with Gasteiger partial charge in [0, 0.05) is 6.92 Å². The van der Waals surface area contributed by atoms with Crippen molar-refractivity contribution in [3.63, 3.8) is 0 Å². The van der Waals surface area contributed by atoms with Crippen LogP contribution in [0.3, 0.4) is 0 Å². The summed E-state index contributed by atoms with van der Waals surface area (Å²) < 4.78 is 53.7. The third-order valence-electron chi connectivity index (χ3n) is 6.49. The largest absolute Gasteiger partial charge is 0.416 e. The van der Waals surface area contributed by atoms with E-state index >= 15 is 0 Å². The number of piperazine rings is 1. The average Bonchev–Trinajstić information content (AvgIpc) is 2.77. The molecule has 3 amide bonds. The fourth-order valence-corrected chi connectivity index (χ4v) is 4.65. The first-order valence-corrected chi connectivity index (χ1v) is 10.7. The number of amides is 3. The number of halogens is 4. The average molecular weight is 488 g/mol. The number of hydrogen-bond donors (Lipinski definition) is 0. The standard InChI is InChI=1S/C24H20F4N4O3/c1-14(17-4-6-18(7-5-17)24(26,27)28)32-21(34)11-31(20-8-3-16(10-29)9-19(20)25)22(35)23(32)12-30(13-23)15(2)33/h3-9,14H,11-13H2,1-2H3. The third-order valence-corrected chi connectivity index (χ3v) is 6.49. The van der Waals surface area contributed by atoms with Gasteiger partial charge in [-0.05, 0) is 42.8 Å². The number of likely N-dealkylation sites (tertiary alicyclic amines) is 1. The van der Waals surface area contributed by atoms with Crippen LogP contribution in [0.4, 0.5) is 23.2 Å². The number of carbonyl (C=O) groups is 3. The van der Waals surface area contributed by atoms with E-state index in [1.807, 2.05) is 0 Å². The van der Waals surface area contributed by atoms with Gasteiger partial charge in [0.2, 0.25) is 11.8 Å². The van der Waals surface area contributed by atoms with Gasteiger partial charge in [-0.15, -0.1) is 0 Å². The number of nitriles is 1. The van der Waals surface area contributed by atoms with Gasteiger partial charge in [0.05, 0.1) is 42.0 Å². The summed E-state index contributed by atoms with van der Waals surface area (Å²) in [6, 6.07) is 8.80. The Hall–Kier alpha value is -3.94. The van der Waals surface area contributed by atoms with Crippen LogP contribution in [0.2, 0.25) is 0 Å². The minimum absolute atomic E-state index is 0.0423. The second kappa shape index (κ2) is 8.37. The molecular weight excluding hydrogens is 468 g/mol. The number of nitrogens with zero attached hydrogens (tertiary/aromatic N) is 4. The molecule has 1 spiro atoms. The van der Waals surface area contributed by atoms with E-state index in [1.165, 1.54) is 41.0 Å². The lowest BCUT2D eigenvalue weighted by atomic mass is 9.81. The van der Waals surface area contributed by atoms with Crippen LogP contribution in [0.1, 0.15) is 36.6 Å². The Bertz CT molecular complexity index is 1250. The molecule has 1 atom stereocenters. The number of benzene rings is 2. The van der Waals surface area contributed by atoms with Gasteiger partial charge < -0.3 is 9.80 Å². The number of hydrogen-bond acceptors (Lipinski definition) is 4. The van der Waals surface area contributed by atoms with Gasteiger partial charge in [-0.2, -0.15) is 18.4 Å². The van der Waals surface area contributed by atoms with Crippen molar-refractivity contribution in [2.75, 3.05) is 24.5 Å². The van der Waals surface area contributed by atoms with Gasteiger partial charge in [-0.3, -0.25) is 19.3 Å². The summed E-state index contributed by atoms with van der Waals surface area (Å²) in [6.07, 6.45) is -4.53. The molecule has 2 heterocycles. The van der Waals surface area contributed by atoms with Crippen LogP contribution in [0, 0.1) is 17.1 Å². The van der Waals surface area contributed by atoms with E-state index in [0.29, 0.717) is 5.56 Å². The molecule has 2 aliphatic heterocycles. The normalized spacial score (nSPS) is 18.4. The number of alkyl halides is 3. The van der Waals surface area contributed by atoms with Crippen molar-refractivity contribution in [2.24, 2.45) is 0 Å². The minimum atomic E-state index is -4.53. The molecule has 0 saturated carbocycles. The first-order chi connectivity index (χ1) is 16.4. The lowest BCUT2D eigenvalue weighted by Crippen LogP contribution is -2.81. The summed E-state index contributed by atoms with van der Waals surface area (Å²) in [7, 11) is 0. The molecule has 0 aromatic heterocycles. The molecule has 1 unspecified atom stereocenters. The maximum Gasteiger partial charge on any atom is 0.416 e. The molecule has 0 bridgehead atoms. The molecule has 2 aliphatic rings. The Morgan fingerprint density at radius 2 is 1.74 bits per heavy atom. The molecule has 0 aliphatic carbocycles. The summed E-state index contributed by atoms with van der Waals surface area (Å²) in [6.45, 7) is 2.13. The second-order valence-electron chi connectivity index (χ2n) is 8.64. The first kappa shape index (κ1) is 24.2. The van der Waals surface area contributed by atoms with Crippen molar-refractivity contribution < 1.29 is 31.9 Å². The van der Waals surface area contributed by atoms with Crippen LogP contribution in [0.25, 0.3) is 0 Å². The van der Waals surface area contributed by atoms with Gasteiger partial charge in [0.25, 0.3) is 5.91 Å². The van der Waals surface area contributed by atoms with Crippen LogP contribution >= 0.6 is 0 Å². The SMILES string of the molecule is CC(=O)N1CC2(C1)C(=O)N(c1ccc(C#N)cc1F)CC(=O)N2C(C)c1ccc(C(F)(F)F)cc1.